The van der Waals surface area contributed by atoms with E-state index in [1.54, 1.807) is 18.2 Å². The Morgan fingerprint density at radius 1 is 1.00 bits per heavy atom. The Kier molecular flexibility index (Phi) is 3.36. The molecule has 0 aliphatic rings. The van der Waals surface area contributed by atoms with E-state index in [1.807, 2.05) is 42.5 Å². The molecule has 3 rings (SSSR count). The SMILES string of the molecule is N#Cc1cccc(Oc2ccc3ccccc3c2Br)n1. The lowest BCUT2D eigenvalue weighted by Gasteiger charge is -2.09. The molecule has 96 valence electrons. The fraction of sp³-hybridized carbons (Fsp3) is 0. The molecule has 0 fully saturated rings. The van der Waals surface area contributed by atoms with Crippen LogP contribution in [0.25, 0.3) is 10.8 Å². The van der Waals surface area contributed by atoms with Crippen LogP contribution in [0.15, 0.2) is 59.1 Å². The summed E-state index contributed by atoms with van der Waals surface area (Å²) in [6.45, 7) is 0. The number of aromatic nitrogens is 1. The zero-order valence-electron chi connectivity index (χ0n) is 10.4. The molecular weight excluding hydrogens is 316 g/mol. The molecule has 0 bridgehead atoms. The van der Waals surface area contributed by atoms with E-state index in [-0.39, 0.29) is 0 Å². The topological polar surface area (TPSA) is 45.9 Å². The van der Waals surface area contributed by atoms with Crippen molar-refractivity contribution >= 4 is 26.7 Å². The van der Waals surface area contributed by atoms with Crippen LogP contribution in [0.4, 0.5) is 0 Å². The van der Waals surface area contributed by atoms with Gasteiger partial charge in [-0.2, -0.15) is 5.26 Å². The highest BCUT2D eigenvalue weighted by Crippen LogP contribution is 2.35. The van der Waals surface area contributed by atoms with Gasteiger partial charge in [0, 0.05) is 6.07 Å². The molecule has 3 aromatic rings. The Hall–Kier alpha value is -2.38. The number of rotatable bonds is 2. The maximum atomic E-state index is 8.85. The van der Waals surface area contributed by atoms with Crippen molar-refractivity contribution < 1.29 is 4.74 Å². The van der Waals surface area contributed by atoms with Crippen LogP contribution in [-0.2, 0) is 0 Å². The molecule has 0 N–H and O–H groups in total. The number of pyridine rings is 1. The zero-order chi connectivity index (χ0) is 13.9. The van der Waals surface area contributed by atoms with Gasteiger partial charge in [0.15, 0.2) is 0 Å². The third-order valence-electron chi connectivity index (χ3n) is 2.88. The number of nitriles is 1. The number of halogens is 1. The third kappa shape index (κ3) is 2.36. The van der Waals surface area contributed by atoms with Crippen molar-refractivity contribution in [1.82, 2.24) is 4.98 Å². The molecule has 4 heteroatoms. The Morgan fingerprint density at radius 3 is 2.70 bits per heavy atom. The summed E-state index contributed by atoms with van der Waals surface area (Å²) in [5.41, 5.74) is 0.333. The number of benzene rings is 2. The van der Waals surface area contributed by atoms with E-state index in [2.05, 4.69) is 20.9 Å². The predicted molar refractivity (Wildman–Crippen MR) is 80.7 cm³/mol. The Morgan fingerprint density at radius 2 is 1.85 bits per heavy atom. The van der Waals surface area contributed by atoms with Crippen molar-refractivity contribution in [3.05, 3.63) is 64.8 Å². The molecule has 0 saturated heterocycles. The standard InChI is InChI=1S/C16H9BrN2O/c17-16-13-6-2-1-4-11(13)8-9-14(16)20-15-7-3-5-12(10-18)19-15/h1-9H. The number of hydrogen-bond donors (Lipinski definition) is 0. The van der Waals surface area contributed by atoms with Gasteiger partial charge in [0.2, 0.25) is 5.88 Å². The summed E-state index contributed by atoms with van der Waals surface area (Å²) in [7, 11) is 0. The Bertz CT molecular complexity index is 824. The minimum Gasteiger partial charge on any atom is -0.438 e. The lowest BCUT2D eigenvalue weighted by atomic mass is 10.1. The summed E-state index contributed by atoms with van der Waals surface area (Å²) >= 11 is 3.56. The second-order valence-electron chi connectivity index (χ2n) is 4.17. The van der Waals surface area contributed by atoms with Crippen LogP contribution in [0.2, 0.25) is 0 Å². The van der Waals surface area contributed by atoms with Crippen LogP contribution in [0.3, 0.4) is 0 Å². The van der Waals surface area contributed by atoms with Gasteiger partial charge >= 0.3 is 0 Å². The van der Waals surface area contributed by atoms with Crippen molar-refractivity contribution in [3.8, 4) is 17.7 Å². The van der Waals surface area contributed by atoms with Gasteiger partial charge in [-0.15, -0.1) is 0 Å². The molecule has 0 atom stereocenters. The summed E-state index contributed by atoms with van der Waals surface area (Å²) in [4.78, 5) is 4.10. The highest BCUT2D eigenvalue weighted by Gasteiger charge is 2.08. The normalized spacial score (nSPS) is 10.2. The first kappa shape index (κ1) is 12.6. The zero-order valence-corrected chi connectivity index (χ0v) is 12.0. The maximum absolute atomic E-state index is 8.85. The molecule has 2 aromatic carbocycles. The van der Waals surface area contributed by atoms with Crippen LogP contribution in [0.1, 0.15) is 5.69 Å². The van der Waals surface area contributed by atoms with Crippen LogP contribution >= 0.6 is 15.9 Å². The highest BCUT2D eigenvalue weighted by atomic mass is 79.9. The minimum atomic E-state index is 0.333. The maximum Gasteiger partial charge on any atom is 0.220 e. The molecule has 0 radical (unpaired) electrons. The van der Waals surface area contributed by atoms with Gasteiger partial charge in [0.1, 0.15) is 17.5 Å². The van der Waals surface area contributed by atoms with Crippen molar-refractivity contribution in [2.24, 2.45) is 0 Å². The third-order valence-corrected chi connectivity index (χ3v) is 3.70. The average molecular weight is 325 g/mol. The lowest BCUT2D eigenvalue weighted by molar-refractivity contribution is 0.460. The molecule has 0 spiro atoms. The highest BCUT2D eigenvalue weighted by molar-refractivity contribution is 9.10. The lowest BCUT2D eigenvalue weighted by Crippen LogP contribution is -1.91. The van der Waals surface area contributed by atoms with Gasteiger partial charge in [0.25, 0.3) is 0 Å². The minimum absolute atomic E-state index is 0.333. The number of fused-ring (bicyclic) bond motifs is 1. The van der Waals surface area contributed by atoms with Crippen molar-refractivity contribution in [2.75, 3.05) is 0 Å². The van der Waals surface area contributed by atoms with E-state index >= 15 is 0 Å². The van der Waals surface area contributed by atoms with Crippen LogP contribution < -0.4 is 4.74 Å². The van der Waals surface area contributed by atoms with Gasteiger partial charge in [-0.05, 0) is 38.8 Å². The monoisotopic (exact) mass is 324 g/mol. The first-order chi connectivity index (χ1) is 9.78. The van der Waals surface area contributed by atoms with E-state index in [1.165, 1.54) is 0 Å². The van der Waals surface area contributed by atoms with E-state index in [9.17, 15) is 0 Å². The summed E-state index contributed by atoms with van der Waals surface area (Å²) in [5.74, 6) is 1.08. The number of hydrogen-bond acceptors (Lipinski definition) is 3. The fourth-order valence-corrected chi connectivity index (χ4v) is 2.51. The molecule has 3 nitrogen and oxygen atoms in total. The fourth-order valence-electron chi connectivity index (χ4n) is 1.94. The van der Waals surface area contributed by atoms with E-state index in [0.29, 0.717) is 17.3 Å². The van der Waals surface area contributed by atoms with Crippen LogP contribution in [0, 0.1) is 11.3 Å². The van der Waals surface area contributed by atoms with Gasteiger partial charge in [0.05, 0.1) is 4.47 Å². The van der Waals surface area contributed by atoms with Crippen molar-refractivity contribution in [1.29, 1.82) is 5.26 Å². The van der Waals surface area contributed by atoms with Gasteiger partial charge in [-0.1, -0.05) is 36.4 Å². The van der Waals surface area contributed by atoms with Crippen LogP contribution in [0.5, 0.6) is 11.6 Å². The first-order valence-electron chi connectivity index (χ1n) is 6.00. The van der Waals surface area contributed by atoms with E-state index < -0.39 is 0 Å². The van der Waals surface area contributed by atoms with E-state index in [4.69, 9.17) is 10.00 Å². The first-order valence-corrected chi connectivity index (χ1v) is 6.79. The Labute approximate surface area is 124 Å². The van der Waals surface area contributed by atoms with Gasteiger partial charge in [-0.25, -0.2) is 4.98 Å². The van der Waals surface area contributed by atoms with E-state index in [0.717, 1.165) is 15.2 Å². The number of nitrogens with zero attached hydrogens (tertiary/aromatic N) is 2. The molecule has 0 aliphatic heterocycles. The second-order valence-corrected chi connectivity index (χ2v) is 4.97. The quantitative estimate of drug-likeness (QED) is 0.688. The Balaban J connectivity index is 2.02. The molecule has 0 aliphatic carbocycles. The van der Waals surface area contributed by atoms with Gasteiger partial charge < -0.3 is 4.74 Å². The molecule has 1 aromatic heterocycles. The van der Waals surface area contributed by atoms with Crippen LogP contribution in [-0.4, -0.2) is 4.98 Å². The molecule has 20 heavy (non-hydrogen) atoms. The number of ether oxygens (including phenoxy) is 1. The summed E-state index contributed by atoms with van der Waals surface area (Å²) in [6.07, 6.45) is 0. The second kappa shape index (κ2) is 5.32. The average Bonchev–Trinajstić information content (AvgIpc) is 2.50. The van der Waals surface area contributed by atoms with Crippen molar-refractivity contribution in [3.63, 3.8) is 0 Å². The largest absolute Gasteiger partial charge is 0.438 e. The smallest absolute Gasteiger partial charge is 0.220 e. The summed E-state index contributed by atoms with van der Waals surface area (Å²) in [5, 5.41) is 11.0. The molecule has 1 heterocycles. The van der Waals surface area contributed by atoms with Gasteiger partial charge in [-0.3, -0.25) is 0 Å². The summed E-state index contributed by atoms with van der Waals surface area (Å²) < 4.78 is 6.63. The molecular formula is C16H9BrN2O. The predicted octanol–water partition coefficient (Wildman–Crippen LogP) is 4.66. The summed E-state index contributed by atoms with van der Waals surface area (Å²) in [6, 6.07) is 19.0. The molecule has 0 amide bonds. The molecule has 0 saturated carbocycles. The molecule has 0 unspecified atom stereocenters. The van der Waals surface area contributed by atoms with Crippen molar-refractivity contribution in [2.45, 2.75) is 0 Å².